The summed E-state index contributed by atoms with van der Waals surface area (Å²) in [6.45, 7) is 2.04. The zero-order valence-electron chi connectivity index (χ0n) is 17.7. The van der Waals surface area contributed by atoms with Gasteiger partial charge < -0.3 is 9.53 Å². The highest BCUT2D eigenvalue weighted by Gasteiger charge is 2.72. The van der Waals surface area contributed by atoms with Crippen LogP contribution in [0.5, 0.6) is 5.75 Å². The lowest BCUT2D eigenvalue weighted by Crippen LogP contribution is -2.61. The van der Waals surface area contributed by atoms with Crippen molar-refractivity contribution in [1.82, 2.24) is 0 Å². The van der Waals surface area contributed by atoms with E-state index in [9.17, 15) is 14.4 Å². The molecule has 4 aliphatic rings. The molecule has 7 rings (SSSR count). The molecule has 2 amide bonds. The van der Waals surface area contributed by atoms with E-state index in [1.54, 1.807) is 31.4 Å². The third kappa shape index (κ3) is 1.93. The number of hydrogen-bond donors (Lipinski definition) is 0. The van der Waals surface area contributed by atoms with Crippen LogP contribution in [0.4, 0.5) is 5.69 Å². The number of anilines is 1. The van der Waals surface area contributed by atoms with Crippen molar-refractivity contribution in [2.24, 2.45) is 11.8 Å². The second-order valence-electron chi connectivity index (χ2n) is 8.95. The molecule has 0 N–H and O–H groups in total. The van der Waals surface area contributed by atoms with E-state index in [4.69, 9.17) is 4.74 Å². The standard InChI is InChI=1S/C27H21NO4/c1-26-18-10-3-5-12-20(18)27(15-29,21-13-6-4-11-19(21)26)23-22(26)24(30)28(25(23)31)16-8-7-9-17(14-16)32-2/h3-15,22-23H,1-2H3/t22-,23+,26?,27?/m0/s1. The number of nitrogens with zero attached hydrogens (tertiary/aromatic N) is 1. The quantitative estimate of drug-likeness (QED) is 0.477. The Bertz CT molecular complexity index is 1280. The highest BCUT2D eigenvalue weighted by molar-refractivity contribution is 6.25. The number of carbonyl (C=O) groups is 3. The van der Waals surface area contributed by atoms with Crippen molar-refractivity contribution in [3.05, 3.63) is 95.1 Å². The molecule has 0 radical (unpaired) electrons. The number of hydrogen-bond acceptors (Lipinski definition) is 4. The van der Waals surface area contributed by atoms with Crippen molar-refractivity contribution in [2.45, 2.75) is 17.8 Å². The molecule has 1 aliphatic heterocycles. The van der Waals surface area contributed by atoms with Gasteiger partial charge in [-0.3, -0.25) is 9.59 Å². The van der Waals surface area contributed by atoms with Crippen LogP contribution >= 0.6 is 0 Å². The zero-order valence-corrected chi connectivity index (χ0v) is 17.7. The van der Waals surface area contributed by atoms with Crippen LogP contribution in [0.15, 0.2) is 72.8 Å². The monoisotopic (exact) mass is 423 g/mol. The maximum Gasteiger partial charge on any atom is 0.239 e. The van der Waals surface area contributed by atoms with E-state index in [1.807, 2.05) is 55.5 Å². The van der Waals surface area contributed by atoms with Gasteiger partial charge in [-0.1, -0.05) is 61.5 Å². The van der Waals surface area contributed by atoms with Gasteiger partial charge in [-0.2, -0.15) is 0 Å². The van der Waals surface area contributed by atoms with Crippen LogP contribution in [0, 0.1) is 11.8 Å². The highest BCUT2D eigenvalue weighted by Crippen LogP contribution is 2.66. The largest absolute Gasteiger partial charge is 0.497 e. The summed E-state index contributed by atoms with van der Waals surface area (Å²) < 4.78 is 5.31. The normalized spacial score (nSPS) is 29.4. The van der Waals surface area contributed by atoms with Crippen LogP contribution in [0.2, 0.25) is 0 Å². The van der Waals surface area contributed by atoms with E-state index < -0.39 is 22.7 Å². The number of benzene rings is 3. The zero-order chi connectivity index (χ0) is 22.3. The molecule has 32 heavy (non-hydrogen) atoms. The number of amides is 2. The van der Waals surface area contributed by atoms with Gasteiger partial charge in [-0.25, -0.2) is 4.90 Å². The van der Waals surface area contributed by atoms with E-state index in [-0.39, 0.29) is 11.8 Å². The first kappa shape index (κ1) is 19.0. The van der Waals surface area contributed by atoms with Crippen LogP contribution in [-0.2, 0) is 25.2 Å². The third-order valence-corrected chi connectivity index (χ3v) is 7.78. The molecule has 0 saturated carbocycles. The van der Waals surface area contributed by atoms with Gasteiger partial charge in [0, 0.05) is 11.5 Å². The van der Waals surface area contributed by atoms with E-state index >= 15 is 0 Å². The lowest BCUT2D eigenvalue weighted by atomic mass is 9.42. The predicted octanol–water partition coefficient (Wildman–Crippen LogP) is 3.62. The molecule has 0 spiro atoms. The fraction of sp³-hybridized carbons (Fsp3) is 0.222. The first-order chi connectivity index (χ1) is 15.5. The van der Waals surface area contributed by atoms with Crippen molar-refractivity contribution >= 4 is 23.8 Å². The number of rotatable bonds is 3. The average Bonchev–Trinajstić information content (AvgIpc) is 3.11. The van der Waals surface area contributed by atoms with Gasteiger partial charge >= 0.3 is 0 Å². The second kappa shape index (κ2) is 6.16. The number of aldehydes is 1. The number of methoxy groups -OCH3 is 1. The molecular weight excluding hydrogens is 402 g/mol. The Balaban J connectivity index is 1.67. The molecule has 1 fully saturated rings. The van der Waals surface area contributed by atoms with E-state index in [0.717, 1.165) is 28.5 Å². The van der Waals surface area contributed by atoms with Gasteiger partial charge in [0.1, 0.15) is 12.0 Å². The molecule has 0 aromatic heterocycles. The molecular formula is C27H21NO4. The summed E-state index contributed by atoms with van der Waals surface area (Å²) in [5, 5.41) is 0. The highest BCUT2D eigenvalue weighted by atomic mass is 16.5. The Hall–Kier alpha value is -3.73. The van der Waals surface area contributed by atoms with Gasteiger partial charge in [0.15, 0.2) is 0 Å². The molecule has 0 unspecified atom stereocenters. The van der Waals surface area contributed by atoms with Crippen LogP contribution in [-0.4, -0.2) is 25.2 Å². The van der Waals surface area contributed by atoms with Crippen LogP contribution in [0.1, 0.15) is 29.2 Å². The van der Waals surface area contributed by atoms with Gasteiger partial charge in [-0.05, 0) is 34.4 Å². The van der Waals surface area contributed by atoms with Gasteiger partial charge in [0.2, 0.25) is 11.8 Å². The molecule has 5 nitrogen and oxygen atoms in total. The molecule has 2 atom stereocenters. The number of imide groups is 1. The first-order valence-electron chi connectivity index (χ1n) is 10.7. The lowest BCUT2D eigenvalue weighted by molar-refractivity contribution is -0.129. The minimum atomic E-state index is -1.20. The van der Waals surface area contributed by atoms with Crippen molar-refractivity contribution in [1.29, 1.82) is 0 Å². The molecule has 3 aromatic rings. The molecule has 1 heterocycles. The van der Waals surface area contributed by atoms with Crippen molar-refractivity contribution in [2.75, 3.05) is 12.0 Å². The summed E-state index contributed by atoms with van der Waals surface area (Å²) in [7, 11) is 1.54. The molecule has 2 bridgehead atoms. The van der Waals surface area contributed by atoms with Gasteiger partial charge in [0.05, 0.1) is 30.0 Å². The Morgan fingerprint density at radius 1 is 0.812 bits per heavy atom. The second-order valence-corrected chi connectivity index (χ2v) is 8.95. The maximum absolute atomic E-state index is 14.0. The fourth-order valence-corrected chi connectivity index (χ4v) is 6.47. The Morgan fingerprint density at radius 3 is 1.94 bits per heavy atom. The molecule has 5 heteroatoms. The summed E-state index contributed by atoms with van der Waals surface area (Å²) in [5.74, 6) is -1.52. The minimum Gasteiger partial charge on any atom is -0.497 e. The molecule has 3 aliphatic carbocycles. The van der Waals surface area contributed by atoms with Crippen LogP contribution in [0.25, 0.3) is 0 Å². The summed E-state index contributed by atoms with van der Waals surface area (Å²) in [6, 6.07) is 22.4. The Morgan fingerprint density at radius 2 is 1.38 bits per heavy atom. The topological polar surface area (TPSA) is 63.7 Å². The van der Waals surface area contributed by atoms with Gasteiger partial charge in [-0.15, -0.1) is 0 Å². The van der Waals surface area contributed by atoms with Crippen molar-refractivity contribution in [3.63, 3.8) is 0 Å². The summed E-state index contributed by atoms with van der Waals surface area (Å²) in [6.07, 6.45) is 0.890. The van der Waals surface area contributed by atoms with E-state index in [1.165, 1.54) is 4.90 Å². The SMILES string of the molecule is COc1cccc(N2C(=O)[C@@H]3[C@H](C2=O)C2(C=O)c4ccccc4C3(C)c3ccccc32)c1. The summed E-state index contributed by atoms with van der Waals surface area (Å²) >= 11 is 0. The van der Waals surface area contributed by atoms with Crippen molar-refractivity contribution < 1.29 is 19.1 Å². The number of carbonyl (C=O) groups excluding carboxylic acids is 3. The average molecular weight is 423 g/mol. The number of ether oxygens (including phenoxy) is 1. The Labute approximate surface area is 185 Å². The van der Waals surface area contributed by atoms with Crippen LogP contribution < -0.4 is 9.64 Å². The minimum absolute atomic E-state index is 0.272. The van der Waals surface area contributed by atoms with E-state index in [0.29, 0.717) is 11.4 Å². The smallest absolute Gasteiger partial charge is 0.239 e. The third-order valence-electron chi connectivity index (χ3n) is 7.78. The summed E-state index contributed by atoms with van der Waals surface area (Å²) in [5.41, 5.74) is 2.09. The molecule has 3 aromatic carbocycles. The Kier molecular flexibility index (Phi) is 3.66. The van der Waals surface area contributed by atoms with E-state index in [2.05, 4.69) is 0 Å². The van der Waals surface area contributed by atoms with Crippen LogP contribution in [0.3, 0.4) is 0 Å². The molecule has 1 saturated heterocycles. The summed E-state index contributed by atoms with van der Waals surface area (Å²) in [4.78, 5) is 42.2. The van der Waals surface area contributed by atoms with Crippen molar-refractivity contribution in [3.8, 4) is 5.75 Å². The molecule has 158 valence electrons. The fourth-order valence-electron chi connectivity index (χ4n) is 6.47. The van der Waals surface area contributed by atoms with Gasteiger partial charge in [0.25, 0.3) is 0 Å². The maximum atomic E-state index is 14.0. The lowest BCUT2D eigenvalue weighted by Gasteiger charge is -2.56. The predicted molar refractivity (Wildman–Crippen MR) is 119 cm³/mol. The first-order valence-corrected chi connectivity index (χ1v) is 10.7.